The molecular weight excluding hydrogens is 343 g/mol. The zero-order valence-corrected chi connectivity index (χ0v) is 14.2. The third kappa shape index (κ3) is 3.05. The zero-order chi connectivity index (χ0) is 18.4. The molecule has 1 atom stereocenters. The lowest BCUT2D eigenvalue weighted by Crippen LogP contribution is -2.63. The van der Waals surface area contributed by atoms with Crippen molar-refractivity contribution >= 4 is 5.69 Å². The van der Waals surface area contributed by atoms with E-state index in [1.54, 1.807) is 6.20 Å². The van der Waals surface area contributed by atoms with Gasteiger partial charge in [-0.15, -0.1) is 0 Å². The maximum absolute atomic E-state index is 12.6. The summed E-state index contributed by atoms with van der Waals surface area (Å²) in [7, 11) is 0. The first-order valence-corrected chi connectivity index (χ1v) is 8.69. The molecule has 1 saturated heterocycles. The van der Waals surface area contributed by atoms with E-state index in [0.29, 0.717) is 5.92 Å². The summed E-state index contributed by atoms with van der Waals surface area (Å²) in [5.74, 6) is 0.535. The molecule has 1 aliphatic heterocycles. The van der Waals surface area contributed by atoms with Crippen LogP contribution < -0.4 is 4.90 Å². The van der Waals surface area contributed by atoms with Crippen LogP contribution in [-0.2, 0) is 6.18 Å². The maximum atomic E-state index is 12.6. The Morgan fingerprint density at radius 2 is 1.96 bits per heavy atom. The summed E-state index contributed by atoms with van der Waals surface area (Å²) >= 11 is 0. The van der Waals surface area contributed by atoms with Crippen molar-refractivity contribution in [2.24, 2.45) is 11.3 Å². The molecule has 2 fully saturated rings. The molecule has 1 spiro atoms. The van der Waals surface area contributed by atoms with Gasteiger partial charge < -0.3 is 10.0 Å². The smallest absolute Gasteiger partial charge is 0.396 e. The lowest BCUT2D eigenvalue weighted by molar-refractivity contribution is -0.141. The lowest BCUT2D eigenvalue weighted by Gasteiger charge is -2.61. The Balaban J connectivity index is 1.34. The standard InChI is InChI=1S/C19H20F3N3O/c20-19(21,22)17-4-3-15(9-24-17)25-11-18(12-25)6-14(7-18)16(10-26)13-2-1-5-23-8-13/h1-5,8-9,14,16,26H,6-7,10-12H2. The van der Waals surface area contributed by atoms with Crippen molar-refractivity contribution in [3.8, 4) is 0 Å². The molecule has 3 heterocycles. The summed E-state index contributed by atoms with van der Waals surface area (Å²) in [5, 5.41) is 9.76. The monoisotopic (exact) mass is 363 g/mol. The van der Waals surface area contributed by atoms with Crippen LogP contribution in [0.15, 0.2) is 42.9 Å². The number of pyridine rings is 2. The summed E-state index contributed by atoms with van der Waals surface area (Å²) in [5.41, 5.74) is 1.17. The van der Waals surface area contributed by atoms with Crippen LogP contribution in [0.25, 0.3) is 0 Å². The first-order chi connectivity index (χ1) is 12.4. The van der Waals surface area contributed by atoms with E-state index in [4.69, 9.17) is 0 Å². The van der Waals surface area contributed by atoms with E-state index in [2.05, 4.69) is 14.9 Å². The topological polar surface area (TPSA) is 49.3 Å². The normalized spacial score (nSPS) is 20.5. The van der Waals surface area contributed by atoms with E-state index in [1.807, 2.05) is 18.3 Å². The number of aliphatic hydroxyl groups is 1. The van der Waals surface area contributed by atoms with Gasteiger partial charge in [0.05, 0.1) is 18.5 Å². The Labute approximate surface area is 149 Å². The fraction of sp³-hybridized carbons (Fsp3) is 0.474. The highest BCUT2D eigenvalue weighted by atomic mass is 19.4. The highest BCUT2D eigenvalue weighted by Crippen LogP contribution is 2.56. The molecular formula is C19H20F3N3O. The van der Waals surface area contributed by atoms with Gasteiger partial charge in [0.1, 0.15) is 5.69 Å². The Morgan fingerprint density at radius 3 is 2.50 bits per heavy atom. The number of aliphatic hydroxyl groups excluding tert-OH is 1. The van der Waals surface area contributed by atoms with Crippen molar-refractivity contribution in [1.29, 1.82) is 0 Å². The molecule has 1 N–H and O–H groups in total. The van der Waals surface area contributed by atoms with Crippen molar-refractivity contribution in [1.82, 2.24) is 9.97 Å². The fourth-order valence-corrected chi connectivity index (χ4v) is 4.40. The SMILES string of the molecule is OCC(c1cccnc1)C1CC2(C1)CN(c1ccc(C(F)(F)F)nc1)C2. The molecule has 0 aromatic carbocycles. The second-order valence-corrected chi connectivity index (χ2v) is 7.50. The third-order valence-electron chi connectivity index (χ3n) is 5.72. The number of hydrogen-bond donors (Lipinski definition) is 1. The number of rotatable bonds is 4. The highest BCUT2D eigenvalue weighted by molar-refractivity contribution is 5.49. The highest BCUT2D eigenvalue weighted by Gasteiger charge is 2.54. The van der Waals surface area contributed by atoms with Crippen molar-refractivity contribution in [2.75, 3.05) is 24.6 Å². The molecule has 7 heteroatoms. The van der Waals surface area contributed by atoms with Crippen LogP contribution in [0.5, 0.6) is 0 Å². The summed E-state index contributed by atoms with van der Waals surface area (Å²) in [6.07, 6.45) is 2.49. The summed E-state index contributed by atoms with van der Waals surface area (Å²) < 4.78 is 37.8. The van der Waals surface area contributed by atoms with E-state index in [1.165, 1.54) is 12.3 Å². The molecule has 0 amide bonds. The number of alkyl halides is 3. The Bertz CT molecular complexity index is 750. The zero-order valence-electron chi connectivity index (χ0n) is 14.2. The van der Waals surface area contributed by atoms with Crippen molar-refractivity contribution in [3.05, 3.63) is 54.1 Å². The quantitative estimate of drug-likeness (QED) is 0.904. The molecule has 2 aromatic rings. The van der Waals surface area contributed by atoms with Crippen LogP contribution in [0.2, 0.25) is 0 Å². The summed E-state index contributed by atoms with van der Waals surface area (Å²) in [6, 6.07) is 6.41. The second kappa shape index (κ2) is 6.23. The minimum absolute atomic E-state index is 0.108. The molecule has 1 aliphatic carbocycles. The van der Waals surface area contributed by atoms with Crippen LogP contribution >= 0.6 is 0 Å². The minimum Gasteiger partial charge on any atom is -0.396 e. The molecule has 2 aromatic heterocycles. The van der Waals surface area contributed by atoms with E-state index in [-0.39, 0.29) is 17.9 Å². The van der Waals surface area contributed by atoms with Crippen LogP contribution in [0, 0.1) is 11.3 Å². The van der Waals surface area contributed by atoms with E-state index in [9.17, 15) is 18.3 Å². The van der Waals surface area contributed by atoms with E-state index < -0.39 is 11.9 Å². The predicted molar refractivity (Wildman–Crippen MR) is 90.7 cm³/mol. The van der Waals surface area contributed by atoms with Crippen molar-refractivity contribution < 1.29 is 18.3 Å². The largest absolute Gasteiger partial charge is 0.433 e. The molecule has 0 radical (unpaired) electrons. The van der Waals surface area contributed by atoms with Gasteiger partial charge >= 0.3 is 6.18 Å². The second-order valence-electron chi connectivity index (χ2n) is 7.50. The van der Waals surface area contributed by atoms with Crippen molar-refractivity contribution in [3.63, 3.8) is 0 Å². The van der Waals surface area contributed by atoms with Crippen molar-refractivity contribution in [2.45, 2.75) is 24.9 Å². The molecule has 26 heavy (non-hydrogen) atoms. The average molecular weight is 363 g/mol. The van der Waals surface area contributed by atoms with Gasteiger partial charge in [-0.1, -0.05) is 6.07 Å². The van der Waals surface area contributed by atoms with Crippen LogP contribution in [-0.4, -0.2) is 34.8 Å². The lowest BCUT2D eigenvalue weighted by atomic mass is 9.54. The molecule has 1 saturated carbocycles. The molecule has 4 nitrogen and oxygen atoms in total. The first kappa shape index (κ1) is 17.3. The number of aromatic nitrogens is 2. The van der Waals surface area contributed by atoms with Gasteiger partial charge in [-0.2, -0.15) is 13.2 Å². The van der Waals surface area contributed by atoms with Gasteiger partial charge in [0.15, 0.2) is 0 Å². The number of halogens is 3. The van der Waals surface area contributed by atoms with E-state index >= 15 is 0 Å². The summed E-state index contributed by atoms with van der Waals surface area (Å²) in [4.78, 5) is 9.74. The Kier molecular flexibility index (Phi) is 4.14. The molecule has 138 valence electrons. The van der Waals surface area contributed by atoms with Gasteiger partial charge in [0, 0.05) is 36.8 Å². The minimum atomic E-state index is -4.40. The van der Waals surface area contributed by atoms with Gasteiger partial charge in [-0.05, 0) is 42.5 Å². The van der Waals surface area contributed by atoms with Crippen LogP contribution in [0.1, 0.15) is 30.0 Å². The predicted octanol–water partition coefficient (Wildman–Crippen LogP) is 3.49. The molecule has 4 rings (SSSR count). The van der Waals surface area contributed by atoms with Gasteiger partial charge in [0.25, 0.3) is 0 Å². The molecule has 0 bridgehead atoms. The van der Waals surface area contributed by atoms with Gasteiger partial charge in [0.2, 0.25) is 0 Å². The first-order valence-electron chi connectivity index (χ1n) is 8.69. The maximum Gasteiger partial charge on any atom is 0.433 e. The summed E-state index contributed by atoms with van der Waals surface area (Å²) in [6.45, 7) is 1.78. The van der Waals surface area contributed by atoms with E-state index in [0.717, 1.165) is 43.2 Å². The van der Waals surface area contributed by atoms with Gasteiger partial charge in [-0.25, -0.2) is 4.98 Å². The number of nitrogens with zero attached hydrogens (tertiary/aromatic N) is 3. The number of hydrogen-bond acceptors (Lipinski definition) is 4. The van der Waals surface area contributed by atoms with Crippen LogP contribution in [0.3, 0.4) is 0 Å². The Hall–Kier alpha value is -2.15. The van der Waals surface area contributed by atoms with Gasteiger partial charge in [-0.3, -0.25) is 4.98 Å². The van der Waals surface area contributed by atoms with Crippen LogP contribution in [0.4, 0.5) is 18.9 Å². The number of anilines is 1. The Morgan fingerprint density at radius 1 is 1.19 bits per heavy atom. The molecule has 1 unspecified atom stereocenters. The molecule has 2 aliphatic rings. The average Bonchev–Trinajstić information content (AvgIpc) is 2.56. The third-order valence-corrected chi connectivity index (χ3v) is 5.72. The fourth-order valence-electron chi connectivity index (χ4n) is 4.40.